The van der Waals surface area contributed by atoms with Crippen LogP contribution >= 0.6 is 0 Å². The molecule has 774 valence electrons. The van der Waals surface area contributed by atoms with Crippen molar-refractivity contribution in [1.82, 2.24) is 74.4 Å². The van der Waals surface area contributed by atoms with Gasteiger partial charge in [0.25, 0.3) is 0 Å². The van der Waals surface area contributed by atoms with Crippen LogP contribution in [0.1, 0.15) is 306 Å². The maximum absolute atomic E-state index is 12.7. The Kier molecular flexibility index (Phi) is 47.0. The monoisotopic (exact) mass is 1980 g/mol. The third-order valence-corrected chi connectivity index (χ3v) is 27.6. The van der Waals surface area contributed by atoms with Gasteiger partial charge in [-0.15, -0.1) is 15.3 Å². The van der Waals surface area contributed by atoms with E-state index in [-0.39, 0.29) is 68.7 Å². The van der Waals surface area contributed by atoms with E-state index in [2.05, 4.69) is 64.7 Å². The summed E-state index contributed by atoms with van der Waals surface area (Å²) in [6.45, 7) is 36.0. The molecule has 8 aliphatic rings. The molecule has 3 aliphatic carbocycles. The van der Waals surface area contributed by atoms with E-state index in [1.54, 1.807) is 65.5 Å². The molecule has 0 radical (unpaired) electrons. The number of aliphatic hydroxyl groups is 2. The van der Waals surface area contributed by atoms with E-state index < -0.39 is 65.7 Å². The number of carbonyl (C=O) groups is 5. The molecule has 5 aromatic rings. The van der Waals surface area contributed by atoms with Gasteiger partial charge in [0.15, 0.2) is 5.82 Å². The number of rotatable bonds is 16. The number of nitrogens with one attached hydrogen (secondary N) is 3. The number of benzene rings is 3. The predicted molar refractivity (Wildman–Crippen MR) is 527 cm³/mol. The highest BCUT2D eigenvalue weighted by Gasteiger charge is 2.37. The first-order chi connectivity index (χ1) is 64.3. The lowest BCUT2D eigenvalue weighted by Crippen LogP contribution is -2.44. The maximum atomic E-state index is 12.7. The molecule has 38 nitrogen and oxygen atoms in total. The van der Waals surface area contributed by atoms with Crippen molar-refractivity contribution in [2.75, 3.05) is 86.6 Å². The Morgan fingerprint density at radius 3 is 1.18 bits per heavy atom. The van der Waals surface area contributed by atoms with Crippen LogP contribution in [0.25, 0.3) is 22.8 Å². The first-order valence-corrected chi connectivity index (χ1v) is 52.8. The molecule has 6 atom stereocenters. The average Bonchev–Trinajstić information content (AvgIpc) is 1.74. The first-order valence-electron chi connectivity index (χ1n) is 48.8. The second kappa shape index (κ2) is 54.9. The molecule has 3 aromatic carbocycles. The highest BCUT2D eigenvalue weighted by molar-refractivity contribution is 7.89. The summed E-state index contributed by atoms with van der Waals surface area (Å²) in [5.74, 6) is 11.3. The van der Waals surface area contributed by atoms with Crippen molar-refractivity contribution in [2.24, 2.45) is 46.8 Å². The quantitative estimate of drug-likeness (QED) is 0.0111. The lowest BCUT2D eigenvalue weighted by atomic mass is 9.84. The number of β-amino-alcohol motifs (C(OH)–C–C–N with tert-alkyl or cyclic N) is 2. The largest absolute Gasteiger partial charge is 0.768 e. The number of aromatic nitrogens is 8. The number of nitrogens with zero attached hydrogens (tertiary/aromatic N) is 13. The fraction of sp³-hybridized carbons (Fsp3) is 0.729. The van der Waals surface area contributed by atoms with E-state index in [1.165, 1.54) is 130 Å². The van der Waals surface area contributed by atoms with E-state index in [9.17, 15) is 59.8 Å². The summed E-state index contributed by atoms with van der Waals surface area (Å²) >= 11 is -2.27. The van der Waals surface area contributed by atoms with Crippen molar-refractivity contribution in [2.45, 2.75) is 358 Å². The Bertz CT molecular complexity index is 4750. The molecule has 8 fully saturated rings. The lowest BCUT2D eigenvalue weighted by Gasteiger charge is -2.34. The Balaban J connectivity index is 0.000000263. The molecule has 0 spiro atoms. The number of hydrogen-bond donors (Lipinski definition) is 9. The standard InChI is InChI=1S/2C25H38N6O4S.C14H20N2O2S.C11H21NO2.2C10H19NO3.CH5N.H4N2/c1-25(2,3)35-24(32)30-14-8-11-20(17-30)31-23(27-28-29-31)22-16-21(36(33,34)26-4)13-12-19(22)15-18-9-6-5-7-10-18;1-25(2,3)35-24(32)30-14-8-11-20(17-30)31-28-23(27-29-31)22-16-21(36(33,34)26-4)13-12-19(22)15-18-9-6-5-7-10-18;15-14(16)13-9-12(19(17)18)7-6-11(13)8-10-4-2-1-3-5-10;1-9-6-5-7-12(8-9)10(13)14-11(2,3)4;2*1-10(2,3)14-9(13)11-6-4-5-8(12)7-11;2*1-2/h2*12-13,16,18,20,26H,5-11,14-15,17H2,1-4H3;6-7,9-10H,1-5,8H2,(H3,15,16)(H,17,18);9H,5-8H2,1-4H3;2*8,12H,4-7H2,1-3H3;2H2,1H3;1-2H2/p-1. The van der Waals surface area contributed by atoms with Crippen LogP contribution in [0, 0.1) is 29.1 Å². The number of nitrogen functional groups attached to an aromatic ring is 1. The van der Waals surface area contributed by atoms with Gasteiger partial charge in [0.2, 0.25) is 25.9 Å². The fourth-order valence-corrected chi connectivity index (χ4v) is 19.5. The molecule has 5 amide bonds. The number of likely N-dealkylation sites (tertiary alicyclic amines) is 5. The van der Waals surface area contributed by atoms with Crippen LogP contribution in [-0.2, 0) is 74.1 Å². The molecule has 137 heavy (non-hydrogen) atoms. The average molecular weight is 1980 g/mol. The molecular weight excluding hydrogens is 1820 g/mol. The molecule has 13 N–H and O–H groups in total. The number of aliphatic hydroxyl groups excluding tert-OH is 2. The molecule has 0 bridgehead atoms. The van der Waals surface area contributed by atoms with Crippen molar-refractivity contribution in [3.05, 3.63) is 76.9 Å². The molecule has 7 heterocycles. The third-order valence-electron chi connectivity index (χ3n) is 24.2. The van der Waals surface area contributed by atoms with E-state index in [4.69, 9.17) is 34.8 Å². The van der Waals surface area contributed by atoms with Crippen LogP contribution in [0.3, 0.4) is 0 Å². The van der Waals surface area contributed by atoms with E-state index in [0.717, 1.165) is 112 Å². The molecular formula is C96H163N20O18S3-. The van der Waals surface area contributed by atoms with Crippen molar-refractivity contribution in [3.8, 4) is 22.8 Å². The lowest BCUT2D eigenvalue weighted by molar-refractivity contribution is 0.00343. The number of piperidine rings is 5. The third kappa shape index (κ3) is 40.5. The molecule has 5 saturated heterocycles. The number of sulfonamides is 2. The molecule has 13 rings (SSSR count). The summed E-state index contributed by atoms with van der Waals surface area (Å²) in [5.41, 5.74) is 12.7. The number of amidine groups is 1. The Labute approximate surface area is 816 Å². The van der Waals surface area contributed by atoms with E-state index >= 15 is 0 Å². The van der Waals surface area contributed by atoms with Gasteiger partial charge in [0, 0.05) is 87.0 Å². The number of amides is 5. The van der Waals surface area contributed by atoms with Crippen LogP contribution in [0.2, 0.25) is 0 Å². The van der Waals surface area contributed by atoms with Crippen molar-refractivity contribution in [3.63, 3.8) is 0 Å². The highest BCUT2D eigenvalue weighted by Crippen LogP contribution is 2.38. The second-order valence-electron chi connectivity index (χ2n) is 41.6. The van der Waals surface area contributed by atoms with Gasteiger partial charge in [-0.25, -0.2) is 54.9 Å². The topological polar surface area (TPSA) is 536 Å². The SMILES string of the molecule is CC(C)(C)OC(=O)N1CCCC(O)C1.CC(C)(C)OC(=O)N1CCCC(O)C1.CC1CCCN(C(=O)OC(C)(C)C)C1.CN.CNS(=O)(=O)c1ccc(CC2CCCCC2)c(-c2nnn(C3CCCN(C(=O)OC(C)(C)C)C3)n2)c1.CNS(=O)(=O)c1ccc(CC2CCCCC2)c(-c2nnnn2C2CCCN(C(=O)OC(C)(C)C)C2)c1.N=C(N)c1cc(S(=O)[O-])ccc1CC1CCCCC1.NN. The molecule has 5 aliphatic heterocycles. The fourth-order valence-electron chi connectivity index (χ4n) is 17.6. The number of hydrogen-bond acceptors (Lipinski definition) is 28. The zero-order valence-electron chi connectivity index (χ0n) is 85.0. The van der Waals surface area contributed by atoms with Crippen LogP contribution < -0.4 is 32.6 Å². The molecule has 2 aromatic heterocycles. The number of nitrogens with two attached hydrogens (primary N) is 4. The number of hydrazine groups is 1. The van der Waals surface area contributed by atoms with Gasteiger partial charge in [-0.05, 0) is 312 Å². The van der Waals surface area contributed by atoms with Crippen molar-refractivity contribution >= 4 is 67.4 Å². The van der Waals surface area contributed by atoms with Crippen LogP contribution in [0.15, 0.2) is 69.3 Å². The summed E-state index contributed by atoms with van der Waals surface area (Å²) in [6, 6.07) is 15.1. The highest BCUT2D eigenvalue weighted by atomic mass is 32.2. The van der Waals surface area contributed by atoms with Gasteiger partial charge < -0.3 is 74.4 Å². The summed E-state index contributed by atoms with van der Waals surface area (Å²) < 4.78 is 106. The summed E-state index contributed by atoms with van der Waals surface area (Å²) in [5, 5.41) is 52.3. The number of ether oxygens (including phenoxy) is 5. The maximum Gasteiger partial charge on any atom is 0.410 e. The summed E-state index contributed by atoms with van der Waals surface area (Å²) in [7, 11) is -2.94. The normalized spacial score (nSPS) is 20.2. The van der Waals surface area contributed by atoms with Crippen LogP contribution in [0.4, 0.5) is 24.0 Å². The van der Waals surface area contributed by atoms with Crippen LogP contribution in [-0.4, -0.2) is 264 Å². The zero-order chi connectivity index (χ0) is 102. The predicted octanol–water partition coefficient (Wildman–Crippen LogP) is 14.0. The van der Waals surface area contributed by atoms with Gasteiger partial charge in [0.05, 0.1) is 34.1 Å². The molecule has 6 unspecified atom stereocenters. The van der Waals surface area contributed by atoms with E-state index in [1.807, 2.05) is 121 Å². The minimum atomic E-state index is -3.63. The minimum absolute atomic E-state index is 0.0573. The van der Waals surface area contributed by atoms with Gasteiger partial charge in [-0.3, -0.25) is 21.3 Å². The molecule has 3 saturated carbocycles. The zero-order valence-corrected chi connectivity index (χ0v) is 87.4. The van der Waals surface area contributed by atoms with Gasteiger partial charge in [-0.1, -0.05) is 121 Å². The van der Waals surface area contributed by atoms with Crippen molar-refractivity contribution in [1.29, 1.82) is 5.41 Å². The van der Waals surface area contributed by atoms with Gasteiger partial charge >= 0.3 is 30.5 Å². The summed E-state index contributed by atoms with van der Waals surface area (Å²) in [4.78, 5) is 70.5. The smallest absolute Gasteiger partial charge is 0.410 e. The van der Waals surface area contributed by atoms with Gasteiger partial charge in [0.1, 0.15) is 33.8 Å². The first kappa shape index (κ1) is 117. The number of tetrazole rings is 2. The minimum Gasteiger partial charge on any atom is -0.768 e. The Hall–Kier alpha value is -8.65. The van der Waals surface area contributed by atoms with Crippen LogP contribution in [0.5, 0.6) is 0 Å². The van der Waals surface area contributed by atoms with Gasteiger partial charge in [-0.2, -0.15) is 4.80 Å². The number of carbonyl (C=O) groups excluding carboxylic acids is 5. The molecule has 41 heteroatoms. The summed E-state index contributed by atoms with van der Waals surface area (Å²) in [6.07, 6.45) is 27.6. The van der Waals surface area contributed by atoms with Crippen molar-refractivity contribution < 1.29 is 83.5 Å². The Morgan fingerprint density at radius 1 is 0.460 bits per heavy atom. The Morgan fingerprint density at radius 2 is 0.803 bits per heavy atom. The second-order valence-corrected chi connectivity index (χ2v) is 46.3. The van der Waals surface area contributed by atoms with E-state index in [0.29, 0.717) is 98.8 Å².